The van der Waals surface area contributed by atoms with E-state index in [-0.39, 0.29) is 19.3 Å². The van der Waals surface area contributed by atoms with Crippen LogP contribution < -0.4 is 24.3 Å². The predicted octanol–water partition coefficient (Wildman–Crippen LogP) is 2.66. The van der Waals surface area contributed by atoms with Gasteiger partial charge in [-0.1, -0.05) is 6.07 Å². The summed E-state index contributed by atoms with van der Waals surface area (Å²) in [4.78, 5) is 23.9. The largest absolute Gasteiger partial charge is 0.494 e. The second kappa shape index (κ2) is 10.4. The zero-order valence-electron chi connectivity index (χ0n) is 17.0. The van der Waals surface area contributed by atoms with Gasteiger partial charge >= 0.3 is 5.97 Å². The fourth-order valence-electron chi connectivity index (χ4n) is 2.82. The number of esters is 1. The van der Waals surface area contributed by atoms with Crippen LogP contribution in [0.25, 0.3) is 0 Å². The quantitative estimate of drug-likeness (QED) is 0.630. The average molecular weight is 415 g/mol. The zero-order valence-corrected chi connectivity index (χ0v) is 17.0. The molecule has 0 saturated carbocycles. The Hall–Kier alpha value is -3.42. The highest BCUT2D eigenvalue weighted by Crippen LogP contribution is 2.32. The Morgan fingerprint density at radius 2 is 1.63 bits per heavy atom. The Bertz CT molecular complexity index is 866. The molecule has 8 nitrogen and oxygen atoms in total. The van der Waals surface area contributed by atoms with E-state index in [9.17, 15) is 9.59 Å². The summed E-state index contributed by atoms with van der Waals surface area (Å²) in [6.45, 7) is 4.63. The van der Waals surface area contributed by atoms with Crippen LogP contribution in [0.15, 0.2) is 42.5 Å². The molecule has 0 spiro atoms. The smallest absolute Gasteiger partial charge is 0.344 e. The van der Waals surface area contributed by atoms with Gasteiger partial charge in [-0.3, -0.25) is 4.79 Å². The van der Waals surface area contributed by atoms with E-state index in [4.69, 9.17) is 23.7 Å². The predicted molar refractivity (Wildman–Crippen MR) is 108 cm³/mol. The molecule has 3 rings (SSSR count). The van der Waals surface area contributed by atoms with Crippen molar-refractivity contribution >= 4 is 11.9 Å². The Morgan fingerprint density at radius 3 is 2.33 bits per heavy atom. The highest BCUT2D eigenvalue weighted by Gasteiger charge is 2.16. The van der Waals surface area contributed by atoms with Crippen LogP contribution in [0, 0.1) is 0 Å². The second-order valence-electron chi connectivity index (χ2n) is 6.55. The minimum absolute atomic E-state index is 0.285. The van der Waals surface area contributed by atoms with Gasteiger partial charge in [-0.2, -0.15) is 0 Å². The number of amides is 1. The molecule has 1 heterocycles. The fourth-order valence-corrected chi connectivity index (χ4v) is 2.82. The van der Waals surface area contributed by atoms with Gasteiger partial charge in [-0.15, -0.1) is 0 Å². The SMILES string of the molecule is CCOc1ccc(OCC(=O)OCC(=O)NC(C)c2ccc3c(c2)OCCO3)cc1. The first-order chi connectivity index (χ1) is 14.5. The van der Waals surface area contributed by atoms with Gasteiger partial charge in [0, 0.05) is 0 Å². The molecule has 8 heteroatoms. The van der Waals surface area contributed by atoms with Crippen LogP contribution in [0.2, 0.25) is 0 Å². The Kier molecular flexibility index (Phi) is 7.37. The van der Waals surface area contributed by atoms with E-state index in [1.807, 2.05) is 32.0 Å². The minimum Gasteiger partial charge on any atom is -0.494 e. The molecular weight excluding hydrogens is 390 g/mol. The van der Waals surface area contributed by atoms with Crippen molar-refractivity contribution in [3.05, 3.63) is 48.0 Å². The van der Waals surface area contributed by atoms with Crippen molar-refractivity contribution in [2.75, 3.05) is 33.0 Å². The molecule has 2 aromatic rings. The summed E-state index contributed by atoms with van der Waals surface area (Å²) < 4.78 is 26.7. The summed E-state index contributed by atoms with van der Waals surface area (Å²) in [5.41, 5.74) is 0.859. The normalized spacial score (nSPS) is 13.1. The molecule has 0 saturated heterocycles. The Balaban J connectivity index is 1.39. The third kappa shape index (κ3) is 6.04. The second-order valence-corrected chi connectivity index (χ2v) is 6.55. The Labute approximate surface area is 175 Å². The van der Waals surface area contributed by atoms with Crippen molar-refractivity contribution in [2.24, 2.45) is 0 Å². The van der Waals surface area contributed by atoms with E-state index in [2.05, 4.69) is 5.32 Å². The highest BCUT2D eigenvalue weighted by atomic mass is 16.6. The number of nitrogens with one attached hydrogen (secondary N) is 1. The van der Waals surface area contributed by atoms with E-state index in [1.165, 1.54) is 0 Å². The first-order valence-electron chi connectivity index (χ1n) is 9.75. The molecule has 1 aliphatic heterocycles. The van der Waals surface area contributed by atoms with E-state index in [1.54, 1.807) is 24.3 Å². The molecule has 1 unspecified atom stereocenters. The molecule has 0 bridgehead atoms. The van der Waals surface area contributed by atoms with Gasteiger partial charge in [0.15, 0.2) is 24.7 Å². The van der Waals surface area contributed by atoms with Crippen LogP contribution in [0.5, 0.6) is 23.0 Å². The summed E-state index contributed by atoms with van der Waals surface area (Å²) in [6.07, 6.45) is 0. The summed E-state index contributed by atoms with van der Waals surface area (Å²) in [6, 6.07) is 12.1. The number of rotatable bonds is 9. The third-order valence-corrected chi connectivity index (χ3v) is 4.30. The number of benzene rings is 2. The van der Waals surface area contributed by atoms with Gasteiger partial charge in [0.2, 0.25) is 0 Å². The lowest BCUT2D eigenvalue weighted by Gasteiger charge is -2.21. The lowest BCUT2D eigenvalue weighted by molar-refractivity contribution is -0.150. The summed E-state index contributed by atoms with van der Waals surface area (Å²) >= 11 is 0. The molecule has 1 atom stereocenters. The molecule has 0 fully saturated rings. The zero-order chi connectivity index (χ0) is 21.3. The maximum absolute atomic E-state index is 12.1. The van der Waals surface area contributed by atoms with Crippen LogP contribution in [0.4, 0.5) is 0 Å². The number of ether oxygens (including phenoxy) is 5. The van der Waals surface area contributed by atoms with Crippen molar-refractivity contribution in [3.63, 3.8) is 0 Å². The molecule has 1 N–H and O–H groups in total. The fraction of sp³-hybridized carbons (Fsp3) is 0.364. The van der Waals surface area contributed by atoms with Crippen molar-refractivity contribution < 1.29 is 33.3 Å². The highest BCUT2D eigenvalue weighted by molar-refractivity contribution is 5.81. The number of carbonyl (C=O) groups excluding carboxylic acids is 2. The molecular formula is C22H25NO7. The molecule has 0 aliphatic carbocycles. The molecule has 0 aromatic heterocycles. The van der Waals surface area contributed by atoms with Gasteiger partial charge in [-0.25, -0.2) is 4.79 Å². The number of carbonyl (C=O) groups is 2. The van der Waals surface area contributed by atoms with Gasteiger partial charge < -0.3 is 29.0 Å². The maximum Gasteiger partial charge on any atom is 0.344 e. The van der Waals surface area contributed by atoms with Gasteiger partial charge in [0.1, 0.15) is 24.7 Å². The molecule has 0 radical (unpaired) electrons. The summed E-state index contributed by atoms with van der Waals surface area (Å²) in [7, 11) is 0. The van der Waals surface area contributed by atoms with Crippen LogP contribution in [-0.4, -0.2) is 44.9 Å². The monoisotopic (exact) mass is 415 g/mol. The van der Waals surface area contributed by atoms with E-state index < -0.39 is 11.9 Å². The summed E-state index contributed by atoms with van der Waals surface area (Å²) in [5, 5.41) is 2.78. The average Bonchev–Trinajstić information content (AvgIpc) is 2.77. The first-order valence-corrected chi connectivity index (χ1v) is 9.75. The van der Waals surface area contributed by atoms with E-state index >= 15 is 0 Å². The van der Waals surface area contributed by atoms with E-state index in [0.29, 0.717) is 37.1 Å². The summed E-state index contributed by atoms with van der Waals surface area (Å²) in [5.74, 6) is 1.52. The van der Waals surface area contributed by atoms with Crippen LogP contribution in [0.3, 0.4) is 0 Å². The maximum atomic E-state index is 12.1. The van der Waals surface area contributed by atoms with Gasteiger partial charge in [0.05, 0.1) is 12.6 Å². The standard InChI is InChI=1S/C22H25NO7/c1-3-26-17-5-7-18(8-6-17)29-14-22(25)30-13-21(24)23-15(2)16-4-9-19-20(12-16)28-11-10-27-19/h4-9,12,15H,3,10-11,13-14H2,1-2H3,(H,23,24). The lowest BCUT2D eigenvalue weighted by Crippen LogP contribution is -2.32. The molecule has 160 valence electrons. The van der Waals surface area contributed by atoms with Gasteiger partial charge in [-0.05, 0) is 55.8 Å². The third-order valence-electron chi connectivity index (χ3n) is 4.30. The molecule has 1 aliphatic rings. The lowest BCUT2D eigenvalue weighted by atomic mass is 10.1. The van der Waals surface area contributed by atoms with Gasteiger partial charge in [0.25, 0.3) is 5.91 Å². The number of hydrogen-bond donors (Lipinski definition) is 1. The van der Waals surface area contributed by atoms with Crippen molar-refractivity contribution in [1.82, 2.24) is 5.32 Å². The first kappa shape index (κ1) is 21.3. The van der Waals surface area contributed by atoms with Crippen molar-refractivity contribution in [1.29, 1.82) is 0 Å². The molecule has 1 amide bonds. The van der Waals surface area contributed by atoms with Crippen molar-refractivity contribution in [3.8, 4) is 23.0 Å². The molecule has 2 aromatic carbocycles. The van der Waals surface area contributed by atoms with Crippen LogP contribution in [0.1, 0.15) is 25.5 Å². The minimum atomic E-state index is -0.633. The van der Waals surface area contributed by atoms with Crippen LogP contribution >= 0.6 is 0 Å². The number of fused-ring (bicyclic) bond motifs is 1. The Morgan fingerprint density at radius 1 is 0.967 bits per heavy atom. The number of hydrogen-bond acceptors (Lipinski definition) is 7. The molecule has 30 heavy (non-hydrogen) atoms. The van der Waals surface area contributed by atoms with E-state index in [0.717, 1.165) is 11.3 Å². The topological polar surface area (TPSA) is 92.3 Å². The van der Waals surface area contributed by atoms with Crippen molar-refractivity contribution in [2.45, 2.75) is 19.9 Å². The van der Waals surface area contributed by atoms with Crippen LogP contribution in [-0.2, 0) is 14.3 Å².